The van der Waals surface area contributed by atoms with Crippen molar-refractivity contribution >= 4 is 21.4 Å². The highest BCUT2D eigenvalue weighted by Gasteiger charge is 2.17. The molecular formula is C13H20N4O2S2. The zero-order valence-electron chi connectivity index (χ0n) is 11.9. The lowest BCUT2D eigenvalue weighted by Gasteiger charge is -2.04. The smallest absolute Gasteiger partial charge is 0.242 e. The zero-order chi connectivity index (χ0) is 15.3. The number of aromatic nitrogens is 2. The molecule has 0 bridgehead atoms. The number of rotatable bonds is 8. The maximum absolute atomic E-state index is 12.3. The summed E-state index contributed by atoms with van der Waals surface area (Å²) in [6.07, 6.45) is 3.16. The minimum absolute atomic E-state index is 0.273. The Morgan fingerprint density at radius 1 is 1.48 bits per heavy atom. The topological polar surface area (TPSA) is 90.0 Å². The second-order valence-corrected chi connectivity index (χ2v) is 7.18. The summed E-state index contributed by atoms with van der Waals surface area (Å²) in [6.45, 7) is 3.47. The van der Waals surface area contributed by atoms with Crippen molar-refractivity contribution < 1.29 is 8.42 Å². The van der Waals surface area contributed by atoms with Gasteiger partial charge in [0.25, 0.3) is 0 Å². The van der Waals surface area contributed by atoms with Crippen LogP contribution in [0.1, 0.15) is 24.7 Å². The molecule has 2 rings (SSSR count). The van der Waals surface area contributed by atoms with E-state index in [1.807, 2.05) is 16.9 Å². The van der Waals surface area contributed by atoms with Crippen LogP contribution in [-0.4, -0.2) is 24.5 Å². The van der Waals surface area contributed by atoms with Crippen LogP contribution >= 0.6 is 11.3 Å². The van der Waals surface area contributed by atoms with E-state index in [1.165, 1.54) is 11.3 Å². The summed E-state index contributed by atoms with van der Waals surface area (Å²) in [7, 11) is -3.49. The normalized spacial score (nSPS) is 11.9. The van der Waals surface area contributed by atoms with Crippen molar-refractivity contribution in [1.82, 2.24) is 14.3 Å². The number of thiazole rings is 1. The van der Waals surface area contributed by atoms with Gasteiger partial charge in [-0.2, -0.15) is 0 Å². The lowest BCUT2D eigenvalue weighted by atomic mass is 10.3. The molecule has 0 unspecified atom stereocenters. The second-order valence-electron chi connectivity index (χ2n) is 4.69. The standard InChI is InChI=1S/C13H20N4O2S2/c1-2-5-17-8-13(6-12(17)7-14)21(18,19)16-4-3-11-9-20-10-15-11/h6,8-10,16H,2-5,7,14H2,1H3. The van der Waals surface area contributed by atoms with Crippen LogP contribution in [0.3, 0.4) is 0 Å². The van der Waals surface area contributed by atoms with Gasteiger partial charge in [0, 0.05) is 43.3 Å². The number of nitrogens with one attached hydrogen (secondary N) is 1. The van der Waals surface area contributed by atoms with Crippen LogP contribution < -0.4 is 10.5 Å². The van der Waals surface area contributed by atoms with Crippen molar-refractivity contribution in [3.05, 3.63) is 34.5 Å². The predicted octanol–water partition coefficient (Wildman–Crippen LogP) is 1.33. The lowest BCUT2D eigenvalue weighted by Crippen LogP contribution is -2.25. The van der Waals surface area contributed by atoms with E-state index in [4.69, 9.17) is 5.73 Å². The number of hydrogen-bond acceptors (Lipinski definition) is 5. The predicted molar refractivity (Wildman–Crippen MR) is 83.6 cm³/mol. The van der Waals surface area contributed by atoms with E-state index in [9.17, 15) is 8.42 Å². The molecule has 2 aromatic heterocycles. The molecule has 116 valence electrons. The third-order valence-electron chi connectivity index (χ3n) is 3.10. The molecule has 3 N–H and O–H groups in total. The number of nitrogens with zero attached hydrogens (tertiary/aromatic N) is 2. The Bertz CT molecular complexity index is 662. The van der Waals surface area contributed by atoms with Crippen molar-refractivity contribution in [1.29, 1.82) is 0 Å². The van der Waals surface area contributed by atoms with Gasteiger partial charge in [0.2, 0.25) is 10.0 Å². The van der Waals surface area contributed by atoms with Crippen molar-refractivity contribution in [2.75, 3.05) is 6.54 Å². The Labute approximate surface area is 129 Å². The number of hydrogen-bond donors (Lipinski definition) is 2. The van der Waals surface area contributed by atoms with Gasteiger partial charge in [-0.25, -0.2) is 18.1 Å². The van der Waals surface area contributed by atoms with E-state index in [0.29, 0.717) is 19.5 Å². The maximum Gasteiger partial charge on any atom is 0.242 e. The summed E-state index contributed by atoms with van der Waals surface area (Å²) in [5, 5.41) is 1.92. The van der Waals surface area contributed by atoms with Crippen molar-refractivity contribution in [3.63, 3.8) is 0 Å². The highest BCUT2D eigenvalue weighted by Crippen LogP contribution is 2.15. The van der Waals surface area contributed by atoms with Gasteiger partial charge < -0.3 is 10.3 Å². The van der Waals surface area contributed by atoms with Gasteiger partial charge in [-0.3, -0.25) is 0 Å². The lowest BCUT2D eigenvalue weighted by molar-refractivity contribution is 0.580. The van der Waals surface area contributed by atoms with E-state index in [2.05, 4.69) is 9.71 Å². The van der Waals surface area contributed by atoms with Crippen molar-refractivity contribution in [3.8, 4) is 0 Å². The van der Waals surface area contributed by atoms with Gasteiger partial charge in [0.15, 0.2) is 0 Å². The van der Waals surface area contributed by atoms with Crippen LogP contribution in [0.2, 0.25) is 0 Å². The Balaban J connectivity index is 2.04. The fourth-order valence-corrected chi connectivity index (χ4v) is 3.74. The van der Waals surface area contributed by atoms with Crippen molar-refractivity contribution in [2.24, 2.45) is 5.73 Å². The molecule has 0 saturated heterocycles. The van der Waals surface area contributed by atoms with Gasteiger partial charge in [0.05, 0.1) is 16.1 Å². The fourth-order valence-electron chi connectivity index (χ4n) is 2.05. The molecule has 0 aromatic carbocycles. The van der Waals surface area contributed by atoms with Crippen LogP contribution in [-0.2, 0) is 29.5 Å². The SMILES string of the molecule is CCCn1cc(S(=O)(=O)NCCc2cscn2)cc1CN. The van der Waals surface area contributed by atoms with Gasteiger partial charge in [-0.15, -0.1) is 11.3 Å². The summed E-state index contributed by atoms with van der Waals surface area (Å²) < 4.78 is 29.0. The molecule has 0 amide bonds. The highest BCUT2D eigenvalue weighted by atomic mass is 32.2. The van der Waals surface area contributed by atoms with Gasteiger partial charge >= 0.3 is 0 Å². The monoisotopic (exact) mass is 328 g/mol. The summed E-state index contributed by atoms with van der Waals surface area (Å²) >= 11 is 1.50. The summed E-state index contributed by atoms with van der Waals surface area (Å²) in [5.41, 5.74) is 9.12. The summed E-state index contributed by atoms with van der Waals surface area (Å²) in [6, 6.07) is 1.64. The zero-order valence-corrected chi connectivity index (χ0v) is 13.6. The minimum Gasteiger partial charge on any atom is -0.349 e. The minimum atomic E-state index is -3.49. The summed E-state index contributed by atoms with van der Waals surface area (Å²) in [4.78, 5) is 4.40. The Morgan fingerprint density at radius 2 is 2.29 bits per heavy atom. The number of sulfonamides is 1. The average Bonchev–Trinajstić information content (AvgIpc) is 3.08. The van der Waals surface area contributed by atoms with Gasteiger partial charge in [-0.1, -0.05) is 6.92 Å². The number of aryl methyl sites for hydroxylation is 1. The maximum atomic E-state index is 12.3. The molecule has 0 saturated carbocycles. The molecular weight excluding hydrogens is 308 g/mol. The van der Waals surface area contributed by atoms with Crippen LogP contribution in [0.25, 0.3) is 0 Å². The molecule has 0 atom stereocenters. The first-order chi connectivity index (χ1) is 10.1. The third kappa shape index (κ3) is 4.13. The molecule has 8 heteroatoms. The Kier molecular flexibility index (Phi) is 5.51. The van der Waals surface area contributed by atoms with Crippen LogP contribution in [0.5, 0.6) is 0 Å². The Hall–Kier alpha value is -1.22. The first-order valence-corrected chi connectivity index (χ1v) is 9.25. The molecule has 0 spiro atoms. The van der Waals surface area contributed by atoms with E-state index < -0.39 is 10.0 Å². The molecule has 0 fully saturated rings. The average molecular weight is 328 g/mol. The van der Waals surface area contributed by atoms with E-state index in [0.717, 1.165) is 24.4 Å². The molecule has 2 heterocycles. The molecule has 21 heavy (non-hydrogen) atoms. The molecule has 0 aliphatic carbocycles. The van der Waals surface area contributed by atoms with Gasteiger partial charge in [0.1, 0.15) is 0 Å². The summed E-state index contributed by atoms with van der Waals surface area (Å²) in [5.74, 6) is 0. The molecule has 2 aromatic rings. The van der Waals surface area contributed by atoms with Gasteiger partial charge in [-0.05, 0) is 12.5 Å². The van der Waals surface area contributed by atoms with Crippen LogP contribution in [0.15, 0.2) is 28.0 Å². The van der Waals surface area contributed by atoms with E-state index in [-0.39, 0.29) is 4.90 Å². The quantitative estimate of drug-likeness (QED) is 0.765. The van der Waals surface area contributed by atoms with E-state index in [1.54, 1.807) is 17.8 Å². The molecule has 6 nitrogen and oxygen atoms in total. The Morgan fingerprint density at radius 3 is 2.90 bits per heavy atom. The first-order valence-electron chi connectivity index (χ1n) is 6.82. The highest BCUT2D eigenvalue weighted by molar-refractivity contribution is 7.89. The third-order valence-corrected chi connectivity index (χ3v) is 5.16. The van der Waals surface area contributed by atoms with Crippen LogP contribution in [0, 0.1) is 0 Å². The second kappa shape index (κ2) is 7.17. The number of nitrogens with two attached hydrogens (primary N) is 1. The van der Waals surface area contributed by atoms with Crippen molar-refractivity contribution in [2.45, 2.75) is 37.8 Å². The van der Waals surface area contributed by atoms with Crippen LogP contribution in [0.4, 0.5) is 0 Å². The fraction of sp³-hybridized carbons (Fsp3) is 0.462. The first kappa shape index (κ1) is 16.2. The largest absolute Gasteiger partial charge is 0.349 e. The molecule has 0 radical (unpaired) electrons. The molecule has 0 aliphatic heterocycles. The molecule has 0 aliphatic rings. The van der Waals surface area contributed by atoms with E-state index >= 15 is 0 Å².